The van der Waals surface area contributed by atoms with Crippen molar-refractivity contribution in [1.82, 2.24) is 5.32 Å². The van der Waals surface area contributed by atoms with Crippen molar-refractivity contribution in [3.05, 3.63) is 48.6 Å². The summed E-state index contributed by atoms with van der Waals surface area (Å²) in [6.45, 7) is 3.77. The number of hydrogen-bond donors (Lipinski definition) is 6. The van der Waals surface area contributed by atoms with Crippen LogP contribution in [0.3, 0.4) is 0 Å². The molecule has 1 aliphatic heterocycles. The van der Waals surface area contributed by atoms with Crippen molar-refractivity contribution in [3.63, 3.8) is 0 Å². The summed E-state index contributed by atoms with van der Waals surface area (Å²) in [5.74, 6) is -0.183. The number of aliphatic hydroxyl groups excluding tert-OH is 5. The van der Waals surface area contributed by atoms with Crippen LogP contribution < -0.4 is 5.32 Å². The van der Waals surface area contributed by atoms with E-state index >= 15 is 0 Å². The van der Waals surface area contributed by atoms with Crippen LogP contribution >= 0.6 is 0 Å². The molecule has 0 aromatic rings. The van der Waals surface area contributed by atoms with E-state index in [-0.39, 0.29) is 12.5 Å². The van der Waals surface area contributed by atoms with E-state index in [1.165, 1.54) is 218 Å². The molecule has 7 atom stereocenters. The van der Waals surface area contributed by atoms with Crippen molar-refractivity contribution in [2.45, 2.75) is 326 Å². The number of allylic oxidation sites excluding steroid dienone is 7. The number of hydrogen-bond acceptors (Lipinski definition) is 8. The highest BCUT2D eigenvalue weighted by Crippen LogP contribution is 2.23. The van der Waals surface area contributed by atoms with Crippen molar-refractivity contribution in [2.24, 2.45) is 0 Å². The molecule has 1 amide bonds. The number of rotatable bonds is 52. The molecule has 1 aliphatic rings. The van der Waals surface area contributed by atoms with Crippen LogP contribution in [0.4, 0.5) is 0 Å². The second-order valence-electron chi connectivity index (χ2n) is 21.1. The van der Waals surface area contributed by atoms with Gasteiger partial charge in [0, 0.05) is 6.42 Å². The molecule has 1 saturated heterocycles. The molecule has 71 heavy (non-hydrogen) atoms. The molecule has 0 aromatic carbocycles. The Bertz CT molecular complexity index is 1250. The van der Waals surface area contributed by atoms with E-state index in [1.54, 1.807) is 6.08 Å². The third-order valence-corrected chi connectivity index (χ3v) is 14.4. The average molecular weight is 1000 g/mol. The van der Waals surface area contributed by atoms with Gasteiger partial charge >= 0.3 is 0 Å². The molecule has 6 N–H and O–H groups in total. The summed E-state index contributed by atoms with van der Waals surface area (Å²) in [5, 5.41) is 54.4. The number of nitrogens with one attached hydrogen (secondary N) is 1. The van der Waals surface area contributed by atoms with E-state index in [4.69, 9.17) is 9.47 Å². The van der Waals surface area contributed by atoms with Gasteiger partial charge in [-0.1, -0.05) is 262 Å². The van der Waals surface area contributed by atoms with Gasteiger partial charge in [-0.3, -0.25) is 4.79 Å². The predicted octanol–water partition coefficient (Wildman–Crippen LogP) is 15.3. The van der Waals surface area contributed by atoms with Crippen LogP contribution in [0.5, 0.6) is 0 Å². The number of carbonyl (C=O) groups excluding carboxylic acids is 1. The lowest BCUT2D eigenvalue weighted by molar-refractivity contribution is -0.302. The van der Waals surface area contributed by atoms with Crippen molar-refractivity contribution < 1.29 is 39.8 Å². The van der Waals surface area contributed by atoms with Crippen LogP contribution in [0.15, 0.2) is 48.6 Å². The predicted molar refractivity (Wildman–Crippen MR) is 299 cm³/mol. The minimum atomic E-state index is -1.57. The van der Waals surface area contributed by atoms with Gasteiger partial charge in [-0.25, -0.2) is 0 Å². The highest BCUT2D eigenvalue weighted by atomic mass is 16.7. The Morgan fingerprint density at radius 3 is 1.27 bits per heavy atom. The zero-order chi connectivity index (χ0) is 51.5. The smallest absolute Gasteiger partial charge is 0.220 e. The number of amides is 1. The van der Waals surface area contributed by atoms with Crippen molar-refractivity contribution in [2.75, 3.05) is 13.2 Å². The van der Waals surface area contributed by atoms with Crippen LogP contribution in [0, 0.1) is 0 Å². The molecule has 1 fully saturated rings. The summed E-state index contributed by atoms with van der Waals surface area (Å²) in [5.41, 5.74) is 0. The number of ether oxygens (including phenoxy) is 2. The Kier molecular flexibility index (Phi) is 48.8. The molecule has 0 bridgehead atoms. The minimum absolute atomic E-state index is 0.183. The van der Waals surface area contributed by atoms with Crippen LogP contribution in [0.25, 0.3) is 0 Å². The lowest BCUT2D eigenvalue weighted by atomic mass is 9.99. The average Bonchev–Trinajstić information content (AvgIpc) is 3.37. The molecule has 416 valence electrons. The van der Waals surface area contributed by atoms with Gasteiger partial charge in [0.2, 0.25) is 5.91 Å². The molecule has 0 saturated carbocycles. The molecule has 0 spiro atoms. The summed E-state index contributed by atoms with van der Waals surface area (Å²) >= 11 is 0. The highest BCUT2D eigenvalue weighted by Gasteiger charge is 2.44. The third-order valence-electron chi connectivity index (χ3n) is 14.4. The second-order valence-corrected chi connectivity index (χ2v) is 21.1. The Labute approximate surface area is 437 Å². The Hall–Kier alpha value is -1.85. The van der Waals surface area contributed by atoms with Gasteiger partial charge in [0.15, 0.2) is 6.29 Å². The maximum Gasteiger partial charge on any atom is 0.220 e. The molecular formula is C62H115NO8. The number of carbonyl (C=O) groups is 1. The van der Waals surface area contributed by atoms with Crippen LogP contribution in [-0.4, -0.2) is 87.5 Å². The van der Waals surface area contributed by atoms with Crippen LogP contribution in [0.2, 0.25) is 0 Å². The quantitative estimate of drug-likeness (QED) is 0.0261. The first-order valence-corrected chi connectivity index (χ1v) is 30.4. The third kappa shape index (κ3) is 41.1. The first-order chi connectivity index (χ1) is 34.8. The van der Waals surface area contributed by atoms with Gasteiger partial charge in [-0.15, -0.1) is 0 Å². The minimum Gasteiger partial charge on any atom is -0.394 e. The normalized spacial score (nSPS) is 19.6. The molecule has 0 radical (unpaired) electrons. The van der Waals surface area contributed by atoms with Gasteiger partial charge in [0.05, 0.1) is 25.4 Å². The molecule has 9 heteroatoms. The van der Waals surface area contributed by atoms with E-state index in [1.807, 2.05) is 6.08 Å². The van der Waals surface area contributed by atoms with Crippen molar-refractivity contribution >= 4 is 5.91 Å². The summed E-state index contributed by atoms with van der Waals surface area (Å²) in [4.78, 5) is 13.0. The Morgan fingerprint density at radius 1 is 0.479 bits per heavy atom. The standard InChI is InChI=1S/C62H115NO8/c1-3-5-7-9-11-13-15-17-19-20-21-22-23-24-25-26-27-28-29-30-31-32-33-34-35-36-38-40-42-44-46-48-50-52-58(66)63-55(54-70-62-61(69)60(68)59(67)57(53-64)71-62)56(65)51-49-47-45-43-41-39-37-18-16-14-12-10-8-6-4-2/h15,17,20-21,41,43,49,51,55-57,59-62,64-65,67-69H,3-14,16,18-19,22-40,42,44-48,50,52-54H2,1-2H3,(H,63,66)/b17-15-,21-20-,43-41+,51-49+. The SMILES string of the molecule is CCCCCCC/C=C\C/C=C\CCCCCCCCCCCCCCCCCCCCCCCC(=O)NC(COC1OC(CO)C(O)C(O)C1O)C(O)/C=C/CC/C=C/CCCCCCCCCCC. The fourth-order valence-electron chi connectivity index (χ4n) is 9.56. The molecule has 7 unspecified atom stereocenters. The first-order valence-electron chi connectivity index (χ1n) is 30.4. The topological polar surface area (TPSA) is 149 Å². The largest absolute Gasteiger partial charge is 0.394 e. The lowest BCUT2D eigenvalue weighted by Gasteiger charge is -2.40. The van der Waals surface area contributed by atoms with E-state index in [9.17, 15) is 30.3 Å². The zero-order valence-corrected chi connectivity index (χ0v) is 46.2. The van der Waals surface area contributed by atoms with Crippen molar-refractivity contribution in [3.8, 4) is 0 Å². The van der Waals surface area contributed by atoms with Crippen LogP contribution in [0.1, 0.15) is 284 Å². The molecule has 0 aliphatic carbocycles. The Morgan fingerprint density at radius 2 is 0.845 bits per heavy atom. The van der Waals surface area contributed by atoms with E-state index in [0.29, 0.717) is 6.42 Å². The summed E-state index contributed by atoms with van der Waals surface area (Å²) in [7, 11) is 0. The van der Waals surface area contributed by atoms with Gasteiger partial charge in [-0.2, -0.15) is 0 Å². The summed E-state index contributed by atoms with van der Waals surface area (Å²) < 4.78 is 11.3. The molecule has 1 rings (SSSR count). The van der Waals surface area contributed by atoms with Gasteiger partial charge in [0.1, 0.15) is 24.4 Å². The number of unbranched alkanes of at least 4 members (excludes halogenated alkanes) is 36. The van der Waals surface area contributed by atoms with Crippen molar-refractivity contribution in [1.29, 1.82) is 0 Å². The first kappa shape index (κ1) is 67.2. The van der Waals surface area contributed by atoms with E-state index in [2.05, 4.69) is 55.6 Å². The van der Waals surface area contributed by atoms with E-state index < -0.39 is 49.5 Å². The summed E-state index contributed by atoms with van der Waals surface area (Å²) in [6, 6.07) is -0.820. The number of aliphatic hydroxyl groups is 5. The summed E-state index contributed by atoms with van der Waals surface area (Å²) in [6.07, 6.45) is 62.0. The van der Waals surface area contributed by atoms with Crippen LogP contribution in [-0.2, 0) is 14.3 Å². The molecular weight excluding hydrogens is 887 g/mol. The Balaban J connectivity index is 2.12. The maximum absolute atomic E-state index is 13.0. The van der Waals surface area contributed by atoms with Gasteiger partial charge in [-0.05, 0) is 64.2 Å². The fraction of sp³-hybridized carbons (Fsp3) is 0.855. The molecule has 9 nitrogen and oxygen atoms in total. The maximum atomic E-state index is 13.0. The highest BCUT2D eigenvalue weighted by molar-refractivity contribution is 5.76. The zero-order valence-electron chi connectivity index (χ0n) is 46.2. The molecule has 0 aromatic heterocycles. The van der Waals surface area contributed by atoms with E-state index in [0.717, 1.165) is 44.9 Å². The second kappa shape index (κ2) is 51.6. The monoisotopic (exact) mass is 1000 g/mol. The molecule has 1 heterocycles. The fourth-order valence-corrected chi connectivity index (χ4v) is 9.56. The lowest BCUT2D eigenvalue weighted by Crippen LogP contribution is -2.60. The van der Waals surface area contributed by atoms with Gasteiger partial charge in [0.25, 0.3) is 0 Å². The van der Waals surface area contributed by atoms with Gasteiger partial charge < -0.3 is 40.3 Å².